The molecule has 0 atom stereocenters. The quantitative estimate of drug-likeness (QED) is 0.639. The number of nitrogens with zero attached hydrogens (tertiary/aromatic N) is 1. The molecular weight excluding hydrogens is 242 g/mol. The molecule has 0 aliphatic heterocycles. The second-order valence-corrected chi connectivity index (χ2v) is 4.61. The average Bonchev–Trinajstić information content (AvgIpc) is 2.56. The first kappa shape index (κ1) is 12.4. The van der Waals surface area contributed by atoms with Gasteiger partial charge in [0, 0.05) is 12.4 Å². The summed E-state index contributed by atoms with van der Waals surface area (Å²) in [5.74, 6) is 0. The van der Waals surface area contributed by atoms with Crippen molar-refractivity contribution in [3.8, 4) is 22.3 Å². The number of hydrogen-bond acceptors (Lipinski definition) is 1. The molecule has 3 rings (SSSR count). The van der Waals surface area contributed by atoms with Crippen molar-refractivity contribution in [1.29, 1.82) is 0 Å². The molecule has 0 saturated carbocycles. The zero-order valence-electron chi connectivity index (χ0n) is 11.2. The van der Waals surface area contributed by atoms with Gasteiger partial charge in [0.05, 0.1) is 0 Å². The van der Waals surface area contributed by atoms with Crippen LogP contribution in [0.15, 0.2) is 79.6 Å². The fourth-order valence-corrected chi connectivity index (χ4v) is 2.35. The van der Waals surface area contributed by atoms with Crippen LogP contribution >= 0.6 is 0 Å². The molecule has 0 spiro atoms. The summed E-state index contributed by atoms with van der Waals surface area (Å²) in [6, 6.07) is 20.9. The van der Waals surface area contributed by atoms with Crippen molar-refractivity contribution in [2.24, 2.45) is 0 Å². The van der Waals surface area contributed by atoms with E-state index in [0.29, 0.717) is 0 Å². The summed E-state index contributed by atoms with van der Waals surface area (Å²) in [4.78, 5) is 4.07. The van der Waals surface area contributed by atoms with Gasteiger partial charge in [-0.3, -0.25) is 4.98 Å². The highest BCUT2D eigenvalue weighted by Crippen LogP contribution is 2.28. The van der Waals surface area contributed by atoms with Gasteiger partial charge >= 0.3 is 0 Å². The molecule has 0 aliphatic carbocycles. The highest BCUT2D eigenvalue weighted by Gasteiger charge is 2.04. The van der Waals surface area contributed by atoms with E-state index >= 15 is 0 Å². The normalized spacial score (nSPS) is 10.2. The van der Waals surface area contributed by atoms with Crippen molar-refractivity contribution in [2.75, 3.05) is 0 Å². The number of aromatic nitrogens is 1. The van der Waals surface area contributed by atoms with Crippen LogP contribution in [-0.4, -0.2) is 4.98 Å². The van der Waals surface area contributed by atoms with Crippen molar-refractivity contribution in [2.45, 2.75) is 0 Å². The molecule has 0 bridgehead atoms. The first-order valence-corrected chi connectivity index (χ1v) is 6.61. The first-order valence-electron chi connectivity index (χ1n) is 6.61. The molecule has 96 valence electrons. The third kappa shape index (κ3) is 2.39. The van der Waals surface area contributed by atoms with E-state index in [2.05, 4.69) is 54.0 Å². The maximum atomic E-state index is 4.07. The molecule has 0 N–H and O–H groups in total. The van der Waals surface area contributed by atoms with Gasteiger partial charge in [-0.2, -0.15) is 0 Å². The fraction of sp³-hybridized carbons (Fsp3) is 0. The first-order chi connectivity index (χ1) is 9.88. The van der Waals surface area contributed by atoms with Crippen molar-refractivity contribution in [1.82, 2.24) is 4.98 Å². The minimum Gasteiger partial charge on any atom is -0.265 e. The van der Waals surface area contributed by atoms with E-state index in [9.17, 15) is 0 Å². The van der Waals surface area contributed by atoms with Gasteiger partial charge in [-0.15, -0.1) is 0 Å². The number of benzene rings is 2. The average molecular weight is 257 g/mol. The number of pyridine rings is 1. The van der Waals surface area contributed by atoms with E-state index in [-0.39, 0.29) is 0 Å². The van der Waals surface area contributed by atoms with E-state index in [4.69, 9.17) is 0 Å². The Bertz CT molecular complexity index is 730. The third-order valence-electron chi connectivity index (χ3n) is 3.37. The molecule has 3 aromatic rings. The van der Waals surface area contributed by atoms with Gasteiger partial charge in [-0.25, -0.2) is 0 Å². The van der Waals surface area contributed by atoms with Gasteiger partial charge in [0.2, 0.25) is 0 Å². The van der Waals surface area contributed by atoms with E-state index in [1.165, 1.54) is 22.3 Å². The minimum atomic E-state index is 1.15. The molecule has 1 nitrogen and oxygen atoms in total. The molecule has 0 radical (unpaired) electrons. The Morgan fingerprint density at radius 3 is 2.30 bits per heavy atom. The van der Waals surface area contributed by atoms with E-state index in [1.54, 1.807) is 0 Å². The molecular formula is C19H15N. The SMILES string of the molecule is C=Cc1ccccc1-c1cccc(-c2ccncc2)c1. The lowest BCUT2D eigenvalue weighted by Gasteiger charge is -2.08. The predicted octanol–water partition coefficient (Wildman–Crippen LogP) is 5.06. The van der Waals surface area contributed by atoms with Crippen LogP contribution in [0.1, 0.15) is 5.56 Å². The van der Waals surface area contributed by atoms with Crippen LogP contribution in [-0.2, 0) is 0 Å². The van der Waals surface area contributed by atoms with Crippen molar-refractivity contribution >= 4 is 6.08 Å². The maximum absolute atomic E-state index is 4.07. The summed E-state index contributed by atoms with van der Waals surface area (Å²) in [5.41, 5.74) is 5.94. The van der Waals surface area contributed by atoms with Gasteiger partial charge in [-0.05, 0) is 46.0 Å². The standard InChI is InChI=1S/C19H15N/c1-2-15-6-3-4-9-19(15)18-8-5-7-17(14-18)16-10-12-20-13-11-16/h2-14H,1H2. The molecule has 1 aromatic heterocycles. The summed E-state index contributed by atoms with van der Waals surface area (Å²) < 4.78 is 0. The lowest BCUT2D eigenvalue weighted by molar-refractivity contribution is 1.33. The fourth-order valence-electron chi connectivity index (χ4n) is 2.35. The predicted molar refractivity (Wildman–Crippen MR) is 85.2 cm³/mol. The molecule has 2 aromatic carbocycles. The van der Waals surface area contributed by atoms with Crippen molar-refractivity contribution < 1.29 is 0 Å². The highest BCUT2D eigenvalue weighted by atomic mass is 14.6. The monoisotopic (exact) mass is 257 g/mol. The Hall–Kier alpha value is -2.67. The maximum Gasteiger partial charge on any atom is 0.0273 e. The van der Waals surface area contributed by atoms with Gasteiger partial charge in [0.25, 0.3) is 0 Å². The van der Waals surface area contributed by atoms with Crippen LogP contribution in [0.5, 0.6) is 0 Å². The number of hydrogen-bond donors (Lipinski definition) is 0. The van der Waals surface area contributed by atoms with Crippen molar-refractivity contribution in [3.63, 3.8) is 0 Å². The Morgan fingerprint density at radius 1 is 0.750 bits per heavy atom. The molecule has 0 unspecified atom stereocenters. The lowest BCUT2D eigenvalue weighted by Crippen LogP contribution is -1.84. The zero-order chi connectivity index (χ0) is 13.8. The molecule has 1 heteroatoms. The number of rotatable bonds is 3. The second kappa shape index (κ2) is 5.54. The van der Waals surface area contributed by atoms with Gasteiger partial charge in [-0.1, -0.05) is 55.1 Å². The third-order valence-corrected chi connectivity index (χ3v) is 3.37. The Balaban J connectivity index is 2.10. The van der Waals surface area contributed by atoms with E-state index in [1.807, 2.05) is 36.7 Å². The summed E-state index contributed by atoms with van der Waals surface area (Å²) in [6.45, 7) is 3.89. The van der Waals surface area contributed by atoms with Crippen LogP contribution in [0, 0.1) is 0 Å². The molecule has 0 amide bonds. The summed E-state index contributed by atoms with van der Waals surface area (Å²) in [6.07, 6.45) is 5.54. The van der Waals surface area contributed by atoms with E-state index < -0.39 is 0 Å². The van der Waals surface area contributed by atoms with Crippen LogP contribution in [0.4, 0.5) is 0 Å². The van der Waals surface area contributed by atoms with Gasteiger partial charge < -0.3 is 0 Å². The summed E-state index contributed by atoms with van der Waals surface area (Å²) in [7, 11) is 0. The molecule has 20 heavy (non-hydrogen) atoms. The van der Waals surface area contributed by atoms with Crippen LogP contribution in [0.2, 0.25) is 0 Å². The molecule has 0 saturated heterocycles. The van der Waals surface area contributed by atoms with Gasteiger partial charge in [0.1, 0.15) is 0 Å². The Kier molecular flexibility index (Phi) is 3.42. The van der Waals surface area contributed by atoms with Crippen LogP contribution < -0.4 is 0 Å². The van der Waals surface area contributed by atoms with Crippen molar-refractivity contribution in [3.05, 3.63) is 85.2 Å². The Labute approximate surface area is 119 Å². The second-order valence-electron chi connectivity index (χ2n) is 4.61. The largest absolute Gasteiger partial charge is 0.265 e. The van der Waals surface area contributed by atoms with Crippen LogP contribution in [0.3, 0.4) is 0 Å². The van der Waals surface area contributed by atoms with Gasteiger partial charge in [0.15, 0.2) is 0 Å². The molecule has 0 fully saturated rings. The highest BCUT2D eigenvalue weighted by molar-refractivity contribution is 5.78. The minimum absolute atomic E-state index is 1.15. The zero-order valence-corrected chi connectivity index (χ0v) is 11.2. The summed E-state index contributed by atoms with van der Waals surface area (Å²) >= 11 is 0. The molecule has 0 aliphatic rings. The van der Waals surface area contributed by atoms with Crippen LogP contribution in [0.25, 0.3) is 28.3 Å². The topological polar surface area (TPSA) is 12.9 Å². The smallest absolute Gasteiger partial charge is 0.0273 e. The lowest BCUT2D eigenvalue weighted by atomic mass is 9.96. The summed E-state index contributed by atoms with van der Waals surface area (Å²) in [5, 5.41) is 0. The van der Waals surface area contributed by atoms with E-state index in [0.717, 1.165) is 5.56 Å². The molecule has 1 heterocycles. The Morgan fingerprint density at radius 2 is 1.50 bits per heavy atom.